The van der Waals surface area contributed by atoms with E-state index in [1.54, 1.807) is 11.1 Å². The maximum absolute atomic E-state index is 14.7. The van der Waals surface area contributed by atoms with Crippen molar-refractivity contribution in [2.75, 3.05) is 46.8 Å². The molecule has 5 heterocycles. The maximum Gasteiger partial charge on any atom is 0.233 e. The number of pyridine rings is 2. The number of anilines is 4. The van der Waals surface area contributed by atoms with E-state index in [0.29, 0.717) is 24.9 Å². The van der Waals surface area contributed by atoms with Gasteiger partial charge in [0.05, 0.1) is 18.4 Å². The molecule has 0 radical (unpaired) electrons. The average Bonchev–Trinajstić information content (AvgIpc) is 2.86. The van der Waals surface area contributed by atoms with Crippen molar-refractivity contribution in [2.24, 2.45) is 5.92 Å². The molecular formula is C26H35FN8O3S. The van der Waals surface area contributed by atoms with E-state index in [1.165, 1.54) is 19.5 Å². The molecule has 0 spiro atoms. The largest absolute Gasteiger partial charge is 0.390 e. The van der Waals surface area contributed by atoms with E-state index in [9.17, 15) is 17.9 Å². The molecule has 210 valence electrons. The Morgan fingerprint density at radius 1 is 1.21 bits per heavy atom. The van der Waals surface area contributed by atoms with E-state index in [4.69, 9.17) is 4.98 Å². The van der Waals surface area contributed by atoms with Gasteiger partial charge in [-0.05, 0) is 43.2 Å². The number of alkyl halides is 1. The Balaban J connectivity index is 1.41. The lowest BCUT2D eigenvalue weighted by Gasteiger charge is -2.47. The summed E-state index contributed by atoms with van der Waals surface area (Å²) in [7, 11) is -3.05. The molecule has 5 rings (SSSR count). The molecule has 3 aromatic heterocycles. The summed E-state index contributed by atoms with van der Waals surface area (Å²) in [6.45, 7) is 8.65. The number of aliphatic hydroxyl groups is 1. The summed E-state index contributed by atoms with van der Waals surface area (Å²) in [4.78, 5) is 26.1. The highest BCUT2D eigenvalue weighted by Gasteiger charge is 2.40. The van der Waals surface area contributed by atoms with Crippen LogP contribution < -0.4 is 15.1 Å². The van der Waals surface area contributed by atoms with Gasteiger partial charge < -0.3 is 20.2 Å². The van der Waals surface area contributed by atoms with Crippen LogP contribution in [0.15, 0.2) is 24.8 Å². The molecule has 0 amide bonds. The monoisotopic (exact) mass is 558 g/mol. The number of nitrogens with one attached hydrogen (secondary N) is 1. The molecule has 11 nitrogen and oxygen atoms in total. The van der Waals surface area contributed by atoms with E-state index in [2.05, 4.69) is 44.0 Å². The highest BCUT2D eigenvalue weighted by Crippen LogP contribution is 2.38. The van der Waals surface area contributed by atoms with Gasteiger partial charge >= 0.3 is 0 Å². The number of hydrogen-bond acceptors (Lipinski definition) is 11. The third-order valence-electron chi connectivity index (χ3n) is 7.75. The van der Waals surface area contributed by atoms with Crippen LogP contribution in [0.3, 0.4) is 0 Å². The van der Waals surface area contributed by atoms with Crippen molar-refractivity contribution in [3.63, 3.8) is 0 Å². The Labute approximate surface area is 227 Å². The molecule has 4 atom stereocenters. The molecule has 0 aromatic carbocycles. The van der Waals surface area contributed by atoms with Gasteiger partial charge in [-0.25, -0.2) is 32.7 Å². The summed E-state index contributed by atoms with van der Waals surface area (Å²) >= 11 is 0. The maximum atomic E-state index is 14.7. The van der Waals surface area contributed by atoms with Crippen LogP contribution in [-0.2, 0) is 9.84 Å². The number of rotatable bonds is 7. The zero-order valence-electron chi connectivity index (χ0n) is 22.8. The first-order chi connectivity index (χ1) is 18.3. The number of hydrogen-bond donors (Lipinski definition) is 2. The van der Waals surface area contributed by atoms with Crippen LogP contribution in [0, 0.1) is 5.92 Å². The van der Waals surface area contributed by atoms with Crippen molar-refractivity contribution in [2.45, 2.75) is 57.8 Å². The minimum absolute atomic E-state index is 0.0145. The summed E-state index contributed by atoms with van der Waals surface area (Å²) in [6, 6.07) is 1.98. The Hall–Kier alpha value is -3.19. The van der Waals surface area contributed by atoms with E-state index in [1.807, 2.05) is 19.2 Å². The predicted molar refractivity (Wildman–Crippen MR) is 149 cm³/mol. The zero-order valence-corrected chi connectivity index (χ0v) is 23.7. The molecule has 0 aliphatic carbocycles. The Morgan fingerprint density at radius 3 is 2.64 bits per heavy atom. The quantitative estimate of drug-likeness (QED) is 0.443. The molecule has 2 N–H and O–H groups in total. The van der Waals surface area contributed by atoms with Gasteiger partial charge in [0, 0.05) is 49.1 Å². The van der Waals surface area contributed by atoms with Gasteiger partial charge in [0.25, 0.3) is 0 Å². The minimum Gasteiger partial charge on any atom is -0.390 e. The lowest BCUT2D eigenvalue weighted by atomic mass is 9.90. The topological polar surface area (TPSA) is 137 Å². The highest BCUT2D eigenvalue weighted by atomic mass is 32.2. The van der Waals surface area contributed by atoms with Gasteiger partial charge in [-0.3, -0.25) is 0 Å². The SMILES string of the molecule is CC(C)c1cnc(N2C[C@H](CS(C)(=O)=O)[C@H]2C)c2cnc(Nc3ncnc(N4CC[C@H](O)[C@](C)(F)C4)n3)cc12. The third kappa shape index (κ3) is 5.60. The lowest BCUT2D eigenvalue weighted by molar-refractivity contribution is -0.00860. The Kier molecular flexibility index (Phi) is 7.08. The summed E-state index contributed by atoms with van der Waals surface area (Å²) in [5.74, 6) is 2.36. The smallest absolute Gasteiger partial charge is 0.233 e. The summed E-state index contributed by atoms with van der Waals surface area (Å²) in [6.07, 6.45) is 5.55. The molecule has 0 saturated carbocycles. The average molecular weight is 559 g/mol. The number of nitrogens with zero attached hydrogens (tertiary/aromatic N) is 7. The van der Waals surface area contributed by atoms with Gasteiger partial charge in [-0.15, -0.1) is 0 Å². The normalized spacial score (nSPS) is 25.7. The fraction of sp³-hybridized carbons (Fsp3) is 0.577. The number of sulfone groups is 1. The van der Waals surface area contributed by atoms with Crippen LogP contribution in [0.4, 0.5) is 27.9 Å². The van der Waals surface area contributed by atoms with Crippen molar-refractivity contribution in [3.8, 4) is 0 Å². The number of aromatic nitrogens is 5. The molecule has 3 aromatic rings. The summed E-state index contributed by atoms with van der Waals surface area (Å²) in [5.41, 5.74) is -0.693. The zero-order chi connectivity index (χ0) is 28.1. The van der Waals surface area contributed by atoms with Gasteiger partial charge in [0.1, 0.15) is 27.8 Å². The first-order valence-corrected chi connectivity index (χ1v) is 15.2. The fourth-order valence-electron chi connectivity index (χ4n) is 5.37. The second kappa shape index (κ2) is 10.1. The van der Waals surface area contributed by atoms with E-state index in [-0.39, 0.29) is 42.5 Å². The van der Waals surface area contributed by atoms with Gasteiger partial charge in [0.2, 0.25) is 11.9 Å². The predicted octanol–water partition coefficient (Wildman–Crippen LogP) is 2.85. The van der Waals surface area contributed by atoms with E-state index in [0.717, 1.165) is 22.2 Å². The number of halogens is 1. The van der Waals surface area contributed by atoms with Crippen LogP contribution in [0.1, 0.15) is 45.6 Å². The Morgan fingerprint density at radius 2 is 1.97 bits per heavy atom. The molecule has 39 heavy (non-hydrogen) atoms. The van der Waals surface area contributed by atoms with Crippen LogP contribution in [-0.4, -0.2) is 87.9 Å². The number of aliphatic hydroxyl groups excluding tert-OH is 1. The molecule has 2 aliphatic rings. The Bertz CT molecular complexity index is 1490. The number of piperidine rings is 1. The van der Waals surface area contributed by atoms with Gasteiger partial charge in [0.15, 0.2) is 5.67 Å². The van der Waals surface area contributed by atoms with Crippen LogP contribution in [0.2, 0.25) is 0 Å². The van der Waals surface area contributed by atoms with Crippen LogP contribution in [0.5, 0.6) is 0 Å². The van der Waals surface area contributed by atoms with Crippen molar-refractivity contribution in [1.29, 1.82) is 0 Å². The van der Waals surface area contributed by atoms with Gasteiger partial charge in [-0.2, -0.15) is 4.98 Å². The summed E-state index contributed by atoms with van der Waals surface area (Å²) < 4.78 is 38.3. The second-order valence-corrected chi connectivity index (χ2v) is 13.5. The van der Waals surface area contributed by atoms with Crippen molar-refractivity contribution in [3.05, 3.63) is 30.4 Å². The van der Waals surface area contributed by atoms with E-state index < -0.39 is 21.6 Å². The summed E-state index contributed by atoms with van der Waals surface area (Å²) in [5, 5.41) is 15.0. The molecule has 2 fully saturated rings. The molecular weight excluding hydrogens is 523 g/mol. The van der Waals surface area contributed by atoms with Crippen LogP contribution >= 0.6 is 0 Å². The molecule has 13 heteroatoms. The minimum atomic E-state index is -3.05. The molecule has 2 aliphatic heterocycles. The molecule has 2 saturated heterocycles. The van der Waals surface area contributed by atoms with Crippen molar-refractivity contribution >= 4 is 44.1 Å². The first-order valence-electron chi connectivity index (χ1n) is 13.1. The number of fused-ring (bicyclic) bond motifs is 1. The lowest BCUT2D eigenvalue weighted by Crippen LogP contribution is -2.57. The molecule has 0 unspecified atom stereocenters. The van der Waals surface area contributed by atoms with Crippen molar-refractivity contribution in [1.82, 2.24) is 24.9 Å². The first kappa shape index (κ1) is 27.4. The van der Waals surface area contributed by atoms with Crippen molar-refractivity contribution < 1.29 is 17.9 Å². The standard InChI is InChI=1S/C26H35FN8O3S/c1-15(2)19-9-29-23(35-11-17(16(35)3)12-39(5,37)38)20-10-28-22(8-18(19)20)32-24-30-14-31-25(33-24)34-7-6-21(36)26(4,27)13-34/h8-10,14-17,21,36H,6-7,11-13H2,1-5H3,(H,28,30,31,32,33)/t16-,17-,21+,26-/m1/s1. The third-order valence-corrected chi connectivity index (χ3v) is 8.78. The van der Waals surface area contributed by atoms with Crippen LogP contribution in [0.25, 0.3) is 10.8 Å². The second-order valence-electron chi connectivity index (χ2n) is 11.3. The van der Waals surface area contributed by atoms with E-state index >= 15 is 0 Å². The fourth-order valence-corrected chi connectivity index (χ4v) is 6.53. The molecule has 0 bridgehead atoms. The highest BCUT2D eigenvalue weighted by molar-refractivity contribution is 7.90. The van der Waals surface area contributed by atoms with Gasteiger partial charge in [-0.1, -0.05) is 13.8 Å².